The van der Waals surface area contributed by atoms with Crippen molar-refractivity contribution in [2.24, 2.45) is 5.92 Å². The van der Waals surface area contributed by atoms with Crippen LogP contribution in [0.2, 0.25) is 0 Å². The second-order valence-electron chi connectivity index (χ2n) is 3.61. The van der Waals surface area contributed by atoms with E-state index < -0.39 is 0 Å². The molecule has 1 aliphatic rings. The lowest BCUT2D eigenvalue weighted by atomic mass is 10.4. The molecule has 0 spiro atoms. The normalized spacial score (nSPS) is 16.4. The Morgan fingerprint density at radius 1 is 1.38 bits per heavy atom. The van der Waals surface area contributed by atoms with Crippen molar-refractivity contribution >= 4 is 11.8 Å². The molecule has 2 nitrogen and oxygen atoms in total. The van der Waals surface area contributed by atoms with Gasteiger partial charge in [-0.05, 0) is 37.5 Å². The van der Waals surface area contributed by atoms with Crippen LogP contribution in [0.5, 0.6) is 0 Å². The van der Waals surface area contributed by atoms with Gasteiger partial charge in [-0.25, -0.2) is 0 Å². The summed E-state index contributed by atoms with van der Waals surface area (Å²) in [6.45, 7) is 3.33. The van der Waals surface area contributed by atoms with Crippen LogP contribution in [0.15, 0.2) is 0 Å². The highest BCUT2D eigenvalue weighted by molar-refractivity contribution is 7.99. The molecule has 0 atom stereocenters. The number of rotatable bonds is 9. The average molecular weight is 203 g/mol. The third-order valence-corrected chi connectivity index (χ3v) is 3.26. The van der Waals surface area contributed by atoms with E-state index in [9.17, 15) is 0 Å². The summed E-state index contributed by atoms with van der Waals surface area (Å²) in [5.41, 5.74) is 0. The first-order chi connectivity index (χ1) is 6.43. The molecule has 1 rings (SSSR count). The van der Waals surface area contributed by atoms with Crippen LogP contribution in [-0.4, -0.2) is 38.3 Å². The average Bonchev–Trinajstić information content (AvgIpc) is 2.93. The van der Waals surface area contributed by atoms with Crippen molar-refractivity contribution in [2.75, 3.05) is 38.3 Å². The summed E-state index contributed by atoms with van der Waals surface area (Å²) in [5.74, 6) is 3.49. The first-order valence-electron chi connectivity index (χ1n) is 5.21. The van der Waals surface area contributed by atoms with E-state index in [-0.39, 0.29) is 0 Å². The van der Waals surface area contributed by atoms with Crippen molar-refractivity contribution in [3.63, 3.8) is 0 Å². The minimum Gasteiger partial charge on any atom is -0.385 e. The Kier molecular flexibility index (Phi) is 6.68. The molecule has 1 aliphatic carbocycles. The van der Waals surface area contributed by atoms with Crippen LogP contribution in [0.1, 0.15) is 19.3 Å². The lowest BCUT2D eigenvalue weighted by molar-refractivity contribution is 0.200. The number of nitrogens with one attached hydrogen (secondary N) is 1. The van der Waals surface area contributed by atoms with Crippen LogP contribution in [0.3, 0.4) is 0 Å². The van der Waals surface area contributed by atoms with Crippen LogP contribution in [0, 0.1) is 5.92 Å². The van der Waals surface area contributed by atoms with Gasteiger partial charge >= 0.3 is 0 Å². The molecule has 0 saturated heterocycles. The molecule has 0 amide bonds. The molecule has 0 aromatic heterocycles. The zero-order chi connectivity index (χ0) is 9.36. The predicted molar refractivity (Wildman–Crippen MR) is 59.4 cm³/mol. The Hall–Kier alpha value is 0.270. The summed E-state index contributed by atoms with van der Waals surface area (Å²) in [6.07, 6.45) is 4.09. The van der Waals surface area contributed by atoms with Gasteiger partial charge in [0.1, 0.15) is 0 Å². The SMILES string of the molecule is COCCCSCCNCC1CC1. The van der Waals surface area contributed by atoms with E-state index in [4.69, 9.17) is 4.74 Å². The van der Waals surface area contributed by atoms with E-state index in [1.54, 1.807) is 7.11 Å². The molecule has 0 bridgehead atoms. The second kappa shape index (κ2) is 7.65. The van der Waals surface area contributed by atoms with Crippen molar-refractivity contribution in [3.8, 4) is 0 Å². The summed E-state index contributed by atoms with van der Waals surface area (Å²) >= 11 is 2.02. The predicted octanol–water partition coefficient (Wildman–Crippen LogP) is 1.76. The van der Waals surface area contributed by atoms with Crippen LogP contribution in [-0.2, 0) is 4.74 Å². The molecule has 0 heterocycles. The smallest absolute Gasteiger partial charge is 0.0470 e. The van der Waals surface area contributed by atoms with Gasteiger partial charge in [0, 0.05) is 26.0 Å². The van der Waals surface area contributed by atoms with Gasteiger partial charge in [0.25, 0.3) is 0 Å². The van der Waals surface area contributed by atoms with Gasteiger partial charge in [-0.2, -0.15) is 11.8 Å². The van der Waals surface area contributed by atoms with E-state index in [1.165, 1.54) is 43.9 Å². The summed E-state index contributed by atoms with van der Waals surface area (Å²) in [4.78, 5) is 0. The fourth-order valence-corrected chi connectivity index (χ4v) is 1.99. The molecule has 1 N–H and O–H groups in total. The van der Waals surface area contributed by atoms with Gasteiger partial charge in [-0.1, -0.05) is 0 Å². The molecule has 0 radical (unpaired) electrons. The molecule has 1 fully saturated rings. The van der Waals surface area contributed by atoms with Gasteiger partial charge < -0.3 is 10.1 Å². The number of ether oxygens (including phenoxy) is 1. The van der Waals surface area contributed by atoms with Crippen molar-refractivity contribution in [1.29, 1.82) is 0 Å². The lowest BCUT2D eigenvalue weighted by Gasteiger charge is -2.03. The summed E-state index contributed by atoms with van der Waals surface area (Å²) in [5, 5.41) is 3.49. The molecule has 0 aliphatic heterocycles. The van der Waals surface area contributed by atoms with E-state index in [0.29, 0.717) is 0 Å². The lowest BCUT2D eigenvalue weighted by Crippen LogP contribution is -2.19. The minimum atomic E-state index is 0.905. The topological polar surface area (TPSA) is 21.3 Å². The maximum atomic E-state index is 4.98. The highest BCUT2D eigenvalue weighted by atomic mass is 32.2. The third-order valence-electron chi connectivity index (χ3n) is 2.19. The summed E-state index contributed by atoms with van der Waals surface area (Å²) in [6, 6.07) is 0. The molecule has 1 saturated carbocycles. The molecule has 0 aromatic carbocycles. The molecule has 0 aromatic rings. The van der Waals surface area contributed by atoms with Crippen molar-refractivity contribution in [1.82, 2.24) is 5.32 Å². The van der Waals surface area contributed by atoms with Crippen molar-refractivity contribution in [3.05, 3.63) is 0 Å². The fraction of sp³-hybridized carbons (Fsp3) is 1.00. The molecular formula is C10H21NOS. The number of hydrogen-bond acceptors (Lipinski definition) is 3. The fourth-order valence-electron chi connectivity index (χ4n) is 1.18. The Labute approximate surface area is 85.8 Å². The van der Waals surface area contributed by atoms with Crippen molar-refractivity contribution < 1.29 is 4.74 Å². The quantitative estimate of drug-likeness (QED) is 0.577. The number of hydrogen-bond donors (Lipinski definition) is 1. The Morgan fingerprint density at radius 3 is 2.92 bits per heavy atom. The van der Waals surface area contributed by atoms with Crippen LogP contribution in [0.4, 0.5) is 0 Å². The minimum absolute atomic E-state index is 0.905. The highest BCUT2D eigenvalue weighted by Gasteiger charge is 2.19. The van der Waals surface area contributed by atoms with Gasteiger partial charge in [0.2, 0.25) is 0 Å². The summed E-state index contributed by atoms with van der Waals surface area (Å²) in [7, 11) is 1.77. The van der Waals surface area contributed by atoms with Crippen LogP contribution in [0.25, 0.3) is 0 Å². The van der Waals surface area contributed by atoms with Gasteiger partial charge in [0.15, 0.2) is 0 Å². The second-order valence-corrected chi connectivity index (χ2v) is 4.83. The zero-order valence-corrected chi connectivity index (χ0v) is 9.37. The highest BCUT2D eigenvalue weighted by Crippen LogP contribution is 2.27. The molecule has 13 heavy (non-hydrogen) atoms. The Balaban J connectivity index is 1.63. The van der Waals surface area contributed by atoms with Gasteiger partial charge in [0.05, 0.1) is 0 Å². The molecule has 78 valence electrons. The standard InChI is InChI=1S/C10H21NOS/c1-12-6-2-7-13-8-5-11-9-10-3-4-10/h10-11H,2-9H2,1H3. The van der Waals surface area contributed by atoms with E-state index >= 15 is 0 Å². The molecule has 3 heteroatoms. The van der Waals surface area contributed by atoms with Gasteiger partial charge in [-0.15, -0.1) is 0 Å². The number of methoxy groups -OCH3 is 1. The largest absolute Gasteiger partial charge is 0.385 e. The number of thioether (sulfide) groups is 1. The Morgan fingerprint density at radius 2 is 2.23 bits per heavy atom. The zero-order valence-electron chi connectivity index (χ0n) is 8.55. The monoisotopic (exact) mass is 203 g/mol. The van der Waals surface area contributed by atoms with E-state index in [2.05, 4.69) is 5.32 Å². The van der Waals surface area contributed by atoms with Crippen molar-refractivity contribution in [2.45, 2.75) is 19.3 Å². The molecular weight excluding hydrogens is 182 g/mol. The first kappa shape index (κ1) is 11.3. The van der Waals surface area contributed by atoms with Crippen LogP contribution >= 0.6 is 11.8 Å². The maximum Gasteiger partial charge on any atom is 0.0470 e. The summed E-state index contributed by atoms with van der Waals surface area (Å²) < 4.78 is 4.98. The third kappa shape index (κ3) is 7.35. The van der Waals surface area contributed by atoms with Crippen LogP contribution < -0.4 is 5.32 Å². The van der Waals surface area contributed by atoms with E-state index in [1.807, 2.05) is 11.8 Å². The Bertz CT molecular complexity index is 117. The van der Waals surface area contributed by atoms with E-state index in [0.717, 1.165) is 12.5 Å². The first-order valence-corrected chi connectivity index (χ1v) is 6.36. The van der Waals surface area contributed by atoms with Gasteiger partial charge in [-0.3, -0.25) is 0 Å². The molecule has 0 unspecified atom stereocenters. The maximum absolute atomic E-state index is 4.98.